The van der Waals surface area contributed by atoms with Crippen molar-refractivity contribution < 1.29 is 19.1 Å². The molecule has 6 heteroatoms. The highest BCUT2D eigenvalue weighted by molar-refractivity contribution is 5.74. The van der Waals surface area contributed by atoms with E-state index >= 15 is 0 Å². The van der Waals surface area contributed by atoms with E-state index in [2.05, 4.69) is 10.6 Å². The Morgan fingerprint density at radius 1 is 1.26 bits per heavy atom. The van der Waals surface area contributed by atoms with Crippen LogP contribution in [0, 0.1) is 11.7 Å². The number of carboxylic acid groups (broad SMARTS) is 1. The Labute approximate surface area is 110 Å². The number of aliphatic carboxylic acids is 1. The summed E-state index contributed by atoms with van der Waals surface area (Å²) in [6, 6.07) is 5.44. The molecule has 3 N–H and O–H groups in total. The Morgan fingerprint density at radius 3 is 2.47 bits per heavy atom. The van der Waals surface area contributed by atoms with Crippen LogP contribution in [-0.4, -0.2) is 23.7 Å². The number of rotatable bonds is 6. The number of carbonyl (C=O) groups excluding carboxylic acids is 1. The molecule has 19 heavy (non-hydrogen) atoms. The molecule has 0 saturated carbocycles. The number of nitrogens with one attached hydrogen (secondary N) is 2. The predicted molar refractivity (Wildman–Crippen MR) is 68.1 cm³/mol. The molecule has 5 nitrogen and oxygen atoms in total. The standard InChI is InChI=1S/C13H17FN2O3/c1-9(6-12(17)18)7-15-13(19)16-8-10-2-4-11(14)5-3-10/h2-5,9H,6-8H2,1H3,(H,17,18)(H2,15,16,19). The third kappa shape index (κ3) is 6.40. The summed E-state index contributed by atoms with van der Waals surface area (Å²) >= 11 is 0. The fourth-order valence-corrected chi connectivity index (χ4v) is 1.48. The quantitative estimate of drug-likeness (QED) is 0.735. The van der Waals surface area contributed by atoms with Gasteiger partial charge in [-0.2, -0.15) is 0 Å². The molecule has 0 bridgehead atoms. The third-order valence-electron chi connectivity index (χ3n) is 2.50. The molecule has 0 spiro atoms. The van der Waals surface area contributed by atoms with Crippen LogP contribution in [0.5, 0.6) is 0 Å². The molecule has 0 fully saturated rings. The van der Waals surface area contributed by atoms with Crippen molar-refractivity contribution in [2.75, 3.05) is 6.54 Å². The summed E-state index contributed by atoms with van der Waals surface area (Å²) in [5.74, 6) is -1.34. The van der Waals surface area contributed by atoms with Crippen molar-refractivity contribution in [3.8, 4) is 0 Å². The number of carbonyl (C=O) groups is 2. The second-order valence-electron chi connectivity index (χ2n) is 4.39. The number of urea groups is 1. The average Bonchev–Trinajstić information content (AvgIpc) is 2.35. The molecule has 0 radical (unpaired) electrons. The number of carboxylic acids is 1. The van der Waals surface area contributed by atoms with E-state index in [0.29, 0.717) is 13.1 Å². The van der Waals surface area contributed by atoms with Crippen LogP contribution in [0.2, 0.25) is 0 Å². The summed E-state index contributed by atoms with van der Waals surface area (Å²) in [5.41, 5.74) is 0.787. The van der Waals surface area contributed by atoms with Crippen LogP contribution < -0.4 is 10.6 Å². The van der Waals surface area contributed by atoms with E-state index in [9.17, 15) is 14.0 Å². The smallest absolute Gasteiger partial charge is 0.315 e. The molecule has 0 aliphatic rings. The van der Waals surface area contributed by atoms with E-state index in [1.807, 2.05) is 0 Å². The van der Waals surface area contributed by atoms with Gasteiger partial charge in [-0.1, -0.05) is 19.1 Å². The van der Waals surface area contributed by atoms with Crippen LogP contribution >= 0.6 is 0 Å². The molecular weight excluding hydrogens is 251 g/mol. The zero-order chi connectivity index (χ0) is 14.3. The average molecular weight is 268 g/mol. The summed E-state index contributed by atoms with van der Waals surface area (Å²) in [6.45, 7) is 2.33. The lowest BCUT2D eigenvalue weighted by molar-refractivity contribution is -0.137. The van der Waals surface area contributed by atoms with Gasteiger partial charge in [0.15, 0.2) is 0 Å². The summed E-state index contributed by atoms with van der Waals surface area (Å²) in [4.78, 5) is 21.9. The van der Waals surface area contributed by atoms with Crippen LogP contribution in [0.4, 0.5) is 9.18 Å². The van der Waals surface area contributed by atoms with Gasteiger partial charge in [0.2, 0.25) is 0 Å². The van der Waals surface area contributed by atoms with Crippen LogP contribution in [0.3, 0.4) is 0 Å². The lowest BCUT2D eigenvalue weighted by Gasteiger charge is -2.11. The van der Waals surface area contributed by atoms with Crippen LogP contribution in [0.1, 0.15) is 18.9 Å². The van der Waals surface area contributed by atoms with E-state index in [4.69, 9.17) is 5.11 Å². The molecule has 2 amide bonds. The number of amides is 2. The molecule has 0 aliphatic heterocycles. The van der Waals surface area contributed by atoms with Gasteiger partial charge in [0.1, 0.15) is 5.82 Å². The van der Waals surface area contributed by atoms with Crippen molar-refractivity contribution in [1.82, 2.24) is 10.6 Å². The Kier molecular flexibility index (Phi) is 5.78. The van der Waals surface area contributed by atoms with Gasteiger partial charge >= 0.3 is 12.0 Å². The Bertz CT molecular complexity index is 434. The van der Waals surface area contributed by atoms with Gasteiger partial charge in [-0.3, -0.25) is 4.79 Å². The highest BCUT2D eigenvalue weighted by atomic mass is 19.1. The van der Waals surface area contributed by atoms with Gasteiger partial charge in [0.25, 0.3) is 0 Å². The first-order valence-corrected chi connectivity index (χ1v) is 5.95. The first kappa shape index (κ1) is 14.9. The SMILES string of the molecule is CC(CNC(=O)NCc1ccc(F)cc1)CC(=O)O. The third-order valence-corrected chi connectivity index (χ3v) is 2.50. The van der Waals surface area contributed by atoms with Crippen molar-refractivity contribution in [1.29, 1.82) is 0 Å². The van der Waals surface area contributed by atoms with E-state index in [0.717, 1.165) is 5.56 Å². The van der Waals surface area contributed by atoms with Gasteiger partial charge in [-0.05, 0) is 23.6 Å². The van der Waals surface area contributed by atoms with Crippen molar-refractivity contribution in [3.63, 3.8) is 0 Å². The number of benzene rings is 1. The van der Waals surface area contributed by atoms with E-state index in [-0.39, 0.29) is 24.2 Å². The number of halogens is 1. The largest absolute Gasteiger partial charge is 0.481 e. The van der Waals surface area contributed by atoms with Gasteiger partial charge in [0.05, 0.1) is 0 Å². The highest BCUT2D eigenvalue weighted by Crippen LogP contribution is 2.02. The maximum absolute atomic E-state index is 12.7. The molecule has 104 valence electrons. The van der Waals surface area contributed by atoms with Crippen molar-refractivity contribution >= 4 is 12.0 Å². The van der Waals surface area contributed by atoms with Crippen LogP contribution in [0.15, 0.2) is 24.3 Å². The lowest BCUT2D eigenvalue weighted by atomic mass is 10.1. The molecule has 0 aliphatic carbocycles. The van der Waals surface area contributed by atoms with E-state index in [1.54, 1.807) is 19.1 Å². The predicted octanol–water partition coefficient (Wildman–Crippen LogP) is 1.74. The van der Waals surface area contributed by atoms with Crippen LogP contribution in [-0.2, 0) is 11.3 Å². The molecule has 1 aromatic carbocycles. The Hall–Kier alpha value is -2.11. The lowest BCUT2D eigenvalue weighted by Crippen LogP contribution is -2.37. The fraction of sp³-hybridized carbons (Fsp3) is 0.385. The minimum absolute atomic E-state index is 0.0121. The van der Waals surface area contributed by atoms with Gasteiger partial charge in [-0.25, -0.2) is 9.18 Å². The molecule has 1 unspecified atom stereocenters. The van der Waals surface area contributed by atoms with Crippen molar-refractivity contribution in [2.24, 2.45) is 5.92 Å². The monoisotopic (exact) mass is 268 g/mol. The Balaban J connectivity index is 2.24. The van der Waals surface area contributed by atoms with E-state index < -0.39 is 5.97 Å². The summed E-state index contributed by atoms with van der Waals surface area (Å²) in [6.07, 6.45) is 0.0121. The normalized spacial score (nSPS) is 11.7. The van der Waals surface area contributed by atoms with Crippen molar-refractivity contribution in [3.05, 3.63) is 35.6 Å². The number of hydrogen-bond acceptors (Lipinski definition) is 2. The van der Waals surface area contributed by atoms with Crippen molar-refractivity contribution in [2.45, 2.75) is 19.9 Å². The van der Waals surface area contributed by atoms with Gasteiger partial charge in [0, 0.05) is 19.5 Å². The fourth-order valence-electron chi connectivity index (χ4n) is 1.48. The highest BCUT2D eigenvalue weighted by Gasteiger charge is 2.09. The van der Waals surface area contributed by atoms with Crippen LogP contribution in [0.25, 0.3) is 0 Å². The summed E-state index contributed by atoms with van der Waals surface area (Å²) in [7, 11) is 0. The molecule has 0 aromatic heterocycles. The van der Waals surface area contributed by atoms with Gasteiger partial charge < -0.3 is 15.7 Å². The zero-order valence-electron chi connectivity index (χ0n) is 10.6. The Morgan fingerprint density at radius 2 is 1.89 bits per heavy atom. The molecule has 1 atom stereocenters. The first-order chi connectivity index (χ1) is 8.97. The molecular formula is C13H17FN2O3. The second-order valence-corrected chi connectivity index (χ2v) is 4.39. The minimum Gasteiger partial charge on any atom is -0.481 e. The number of hydrogen-bond donors (Lipinski definition) is 3. The topological polar surface area (TPSA) is 78.4 Å². The molecule has 0 heterocycles. The van der Waals surface area contributed by atoms with Gasteiger partial charge in [-0.15, -0.1) is 0 Å². The maximum Gasteiger partial charge on any atom is 0.315 e. The zero-order valence-corrected chi connectivity index (χ0v) is 10.6. The summed E-state index contributed by atoms with van der Waals surface area (Å²) < 4.78 is 12.7. The molecule has 1 rings (SSSR count). The minimum atomic E-state index is -0.888. The molecule has 0 saturated heterocycles. The summed E-state index contributed by atoms with van der Waals surface area (Å²) in [5, 5.41) is 13.8. The maximum atomic E-state index is 12.7. The molecule has 1 aromatic rings. The second kappa shape index (κ2) is 7.35. The first-order valence-electron chi connectivity index (χ1n) is 5.95. The van der Waals surface area contributed by atoms with E-state index in [1.165, 1.54) is 12.1 Å².